The Morgan fingerprint density at radius 3 is 2.12 bits per heavy atom. The van der Waals surface area contributed by atoms with Gasteiger partial charge in [-0.15, -0.1) is 4.91 Å². The van der Waals surface area contributed by atoms with E-state index in [1.807, 2.05) is 0 Å². The quantitative estimate of drug-likeness (QED) is 0.363. The van der Waals surface area contributed by atoms with Crippen LogP contribution in [0.4, 0.5) is 0 Å². The van der Waals surface area contributed by atoms with Crippen molar-refractivity contribution in [2.24, 2.45) is 5.29 Å². The Morgan fingerprint density at radius 1 is 1.25 bits per heavy atom. The van der Waals surface area contributed by atoms with Crippen molar-refractivity contribution < 1.29 is 18.5 Å². The molecule has 0 aliphatic heterocycles. The minimum Gasteiger partial charge on any atom is -0.377 e. The van der Waals surface area contributed by atoms with Crippen LogP contribution in [0.1, 0.15) is 6.42 Å². The highest BCUT2D eigenvalue weighted by Crippen LogP contribution is 2.15. The van der Waals surface area contributed by atoms with Crippen LogP contribution in [0.2, 0.25) is 6.04 Å². The van der Waals surface area contributed by atoms with Crippen molar-refractivity contribution in [1.29, 1.82) is 0 Å². The molecule has 0 unspecified atom stereocenters. The Hall–Kier alpha value is -0.583. The SMILES string of the molecule is CO[Si](CCCN(C)N(O)N=O)(OC)OC. The van der Waals surface area contributed by atoms with Crippen LogP contribution in [-0.4, -0.2) is 59.2 Å². The van der Waals surface area contributed by atoms with E-state index in [0.29, 0.717) is 19.0 Å². The Kier molecular flexibility index (Phi) is 7.37. The van der Waals surface area contributed by atoms with E-state index >= 15 is 0 Å². The summed E-state index contributed by atoms with van der Waals surface area (Å²) < 4.78 is 15.7. The van der Waals surface area contributed by atoms with Crippen molar-refractivity contribution in [3.05, 3.63) is 4.91 Å². The molecule has 0 amide bonds. The molecule has 9 heteroatoms. The molecule has 0 aromatic carbocycles. The van der Waals surface area contributed by atoms with Gasteiger partial charge in [-0.2, -0.15) is 5.01 Å². The zero-order valence-corrected chi connectivity index (χ0v) is 11.0. The van der Waals surface area contributed by atoms with Crippen molar-refractivity contribution in [2.45, 2.75) is 12.5 Å². The molecule has 0 bridgehead atoms. The highest BCUT2D eigenvalue weighted by atomic mass is 28.4. The van der Waals surface area contributed by atoms with Crippen molar-refractivity contribution >= 4 is 8.80 Å². The predicted molar refractivity (Wildman–Crippen MR) is 58.3 cm³/mol. The van der Waals surface area contributed by atoms with E-state index in [-0.39, 0.29) is 5.28 Å². The summed E-state index contributed by atoms with van der Waals surface area (Å²) in [5, 5.41) is 12.8. The fourth-order valence-corrected chi connectivity index (χ4v) is 2.94. The van der Waals surface area contributed by atoms with E-state index in [4.69, 9.17) is 18.5 Å². The van der Waals surface area contributed by atoms with E-state index in [9.17, 15) is 4.91 Å². The average molecular weight is 253 g/mol. The second-order valence-corrected chi connectivity index (χ2v) is 6.22. The maximum Gasteiger partial charge on any atom is 0.500 e. The molecule has 8 nitrogen and oxygen atoms in total. The van der Waals surface area contributed by atoms with E-state index in [0.717, 1.165) is 0 Å². The summed E-state index contributed by atoms with van der Waals surface area (Å²) in [4.78, 5) is 9.99. The van der Waals surface area contributed by atoms with E-state index in [2.05, 4.69) is 5.29 Å². The first kappa shape index (κ1) is 15.4. The number of hydrazine groups is 1. The fourth-order valence-electron chi connectivity index (χ4n) is 1.23. The third-order valence-corrected chi connectivity index (χ3v) is 5.11. The Bertz CT molecular complexity index is 196. The summed E-state index contributed by atoms with van der Waals surface area (Å²) in [5.74, 6) is 0. The molecule has 0 saturated heterocycles. The van der Waals surface area contributed by atoms with E-state index in [1.54, 1.807) is 0 Å². The van der Waals surface area contributed by atoms with Crippen molar-refractivity contribution in [3.63, 3.8) is 0 Å². The van der Waals surface area contributed by atoms with Gasteiger partial charge in [0.25, 0.3) is 0 Å². The van der Waals surface area contributed by atoms with Crippen LogP contribution in [0.25, 0.3) is 0 Å². The van der Waals surface area contributed by atoms with Gasteiger partial charge in [0, 0.05) is 41.0 Å². The number of hydrogen-bond donors (Lipinski definition) is 1. The molecule has 0 aliphatic carbocycles. The van der Waals surface area contributed by atoms with Gasteiger partial charge >= 0.3 is 8.80 Å². The first-order valence-electron chi connectivity index (χ1n) is 4.74. The maximum absolute atomic E-state index is 9.99. The summed E-state index contributed by atoms with van der Waals surface area (Å²) in [5.41, 5.74) is 0. The number of nitrogens with zero attached hydrogens (tertiary/aromatic N) is 3. The molecular formula is C7H19N3O5Si. The third-order valence-electron chi connectivity index (χ3n) is 2.28. The predicted octanol–water partition coefficient (Wildman–Crippen LogP) is 0.474. The normalized spacial score (nSPS) is 11.9. The van der Waals surface area contributed by atoms with Crippen molar-refractivity contribution in [3.8, 4) is 0 Å². The first-order chi connectivity index (χ1) is 7.55. The molecule has 0 saturated carbocycles. The molecule has 0 fully saturated rings. The van der Waals surface area contributed by atoms with Gasteiger partial charge in [-0.25, -0.2) is 0 Å². The fraction of sp³-hybridized carbons (Fsp3) is 1.00. The lowest BCUT2D eigenvalue weighted by molar-refractivity contribution is -0.237. The highest BCUT2D eigenvalue weighted by Gasteiger charge is 2.37. The molecule has 96 valence electrons. The van der Waals surface area contributed by atoms with Crippen molar-refractivity contribution in [2.75, 3.05) is 34.9 Å². The van der Waals surface area contributed by atoms with Crippen LogP contribution in [0.15, 0.2) is 5.29 Å². The molecule has 0 atom stereocenters. The smallest absolute Gasteiger partial charge is 0.377 e. The summed E-state index contributed by atoms with van der Waals surface area (Å²) in [6.45, 7) is 0.438. The van der Waals surface area contributed by atoms with Crippen LogP contribution in [0, 0.1) is 4.91 Å². The maximum atomic E-state index is 9.99. The van der Waals surface area contributed by atoms with Gasteiger partial charge in [-0.1, -0.05) is 5.28 Å². The summed E-state index contributed by atoms with van der Waals surface area (Å²) in [7, 11) is 3.58. The molecule has 0 aromatic heterocycles. The highest BCUT2D eigenvalue weighted by molar-refractivity contribution is 6.60. The minimum atomic E-state index is -2.56. The Labute approximate surface area is 95.9 Å². The van der Waals surface area contributed by atoms with Crippen LogP contribution in [-0.2, 0) is 13.3 Å². The van der Waals surface area contributed by atoms with Crippen LogP contribution >= 0.6 is 0 Å². The molecular weight excluding hydrogens is 234 g/mol. The zero-order valence-electron chi connectivity index (χ0n) is 10.0. The number of nitroso groups, excluding NO2 is 1. The summed E-state index contributed by atoms with van der Waals surface area (Å²) in [6, 6.07) is 0.591. The standard InChI is InChI=1S/C7H19N3O5Si/c1-9(10(12)8-11)6-5-7-16(13-2,14-3)15-4/h12H,5-7H2,1-4H3. The molecule has 16 heavy (non-hydrogen) atoms. The van der Waals surface area contributed by atoms with Crippen molar-refractivity contribution in [1.82, 2.24) is 10.3 Å². The van der Waals surface area contributed by atoms with E-state index < -0.39 is 8.80 Å². The lowest BCUT2D eigenvalue weighted by Crippen LogP contribution is -2.43. The summed E-state index contributed by atoms with van der Waals surface area (Å²) >= 11 is 0. The largest absolute Gasteiger partial charge is 0.500 e. The molecule has 0 rings (SSSR count). The molecule has 1 N–H and O–H groups in total. The molecule has 0 heterocycles. The minimum absolute atomic E-state index is 0.246. The van der Waals surface area contributed by atoms with Crippen LogP contribution < -0.4 is 0 Å². The lowest BCUT2D eigenvalue weighted by Gasteiger charge is -2.25. The van der Waals surface area contributed by atoms with Gasteiger partial charge in [0.1, 0.15) is 0 Å². The van der Waals surface area contributed by atoms with E-state index in [1.165, 1.54) is 33.4 Å². The second kappa shape index (κ2) is 7.65. The van der Waals surface area contributed by atoms with Gasteiger partial charge < -0.3 is 13.3 Å². The average Bonchev–Trinajstić information content (AvgIpc) is 2.34. The second-order valence-electron chi connectivity index (χ2n) is 3.13. The zero-order chi connectivity index (χ0) is 12.6. The van der Waals surface area contributed by atoms with Gasteiger partial charge in [0.2, 0.25) is 0 Å². The van der Waals surface area contributed by atoms with Gasteiger partial charge in [-0.05, 0) is 6.42 Å². The molecule has 0 radical (unpaired) electrons. The molecule has 0 aromatic rings. The first-order valence-corrected chi connectivity index (χ1v) is 6.67. The summed E-state index contributed by atoms with van der Waals surface area (Å²) in [6.07, 6.45) is 0.644. The van der Waals surface area contributed by atoms with Crippen LogP contribution in [0.3, 0.4) is 0 Å². The molecule has 0 aliphatic rings. The van der Waals surface area contributed by atoms with Gasteiger partial charge in [-0.3, -0.25) is 5.21 Å². The monoisotopic (exact) mass is 253 g/mol. The third kappa shape index (κ3) is 4.51. The van der Waals surface area contributed by atoms with Crippen LogP contribution in [0.5, 0.6) is 0 Å². The Morgan fingerprint density at radius 2 is 1.75 bits per heavy atom. The van der Waals surface area contributed by atoms with Gasteiger partial charge in [0.05, 0.1) is 5.29 Å². The van der Waals surface area contributed by atoms with Gasteiger partial charge in [0.15, 0.2) is 0 Å². The topological polar surface area (TPSA) is 83.8 Å². The lowest BCUT2D eigenvalue weighted by atomic mass is 10.5. The number of hydrogen-bond acceptors (Lipinski definition) is 7. The number of rotatable bonds is 9. The molecule has 0 spiro atoms. The Balaban J connectivity index is 3.99.